The van der Waals surface area contributed by atoms with E-state index in [1.165, 1.54) is 135 Å². The number of rotatable bonds is 40. The first-order valence-corrected chi connectivity index (χ1v) is 22.2. The number of allylic oxidation sites excluding steroid dienone is 2. The van der Waals surface area contributed by atoms with Gasteiger partial charge in [-0.05, 0) is 38.5 Å². The van der Waals surface area contributed by atoms with Gasteiger partial charge in [-0.15, -0.1) is 0 Å². The highest BCUT2D eigenvalue weighted by atomic mass is 31.2. The Kier molecular flexibility index (Phi) is 37.9. The van der Waals surface area contributed by atoms with Crippen LogP contribution in [0.1, 0.15) is 200 Å². The SMILES string of the molecule is CCCCCCC/C=C\CCCCCCCC(=O)O[C@H](COCCCCCCCCCCCCCCCCCC)COP(=O)(O)OCCN. The molecule has 0 bridgehead atoms. The van der Waals surface area contributed by atoms with Crippen molar-refractivity contribution in [3.05, 3.63) is 12.2 Å². The number of hydrogen-bond acceptors (Lipinski definition) is 7. The number of nitrogens with two attached hydrogens (primary N) is 1. The highest BCUT2D eigenvalue weighted by molar-refractivity contribution is 7.47. The highest BCUT2D eigenvalue weighted by Gasteiger charge is 2.25. The van der Waals surface area contributed by atoms with Crippen LogP contribution in [0.4, 0.5) is 0 Å². The zero-order valence-corrected chi connectivity index (χ0v) is 33.1. The summed E-state index contributed by atoms with van der Waals surface area (Å²) >= 11 is 0. The van der Waals surface area contributed by atoms with Gasteiger partial charge in [-0.3, -0.25) is 13.8 Å². The van der Waals surface area contributed by atoms with Crippen LogP contribution in [0.3, 0.4) is 0 Å². The summed E-state index contributed by atoms with van der Waals surface area (Å²) in [5, 5.41) is 0. The zero-order chi connectivity index (χ0) is 35.9. The van der Waals surface area contributed by atoms with Crippen LogP contribution in [-0.4, -0.2) is 49.9 Å². The van der Waals surface area contributed by atoms with Gasteiger partial charge in [-0.1, -0.05) is 167 Å². The van der Waals surface area contributed by atoms with E-state index >= 15 is 0 Å². The summed E-state index contributed by atoms with van der Waals surface area (Å²) in [6, 6.07) is 0. The van der Waals surface area contributed by atoms with E-state index in [2.05, 4.69) is 26.0 Å². The van der Waals surface area contributed by atoms with E-state index in [0.717, 1.165) is 44.9 Å². The van der Waals surface area contributed by atoms with Crippen LogP contribution in [0.5, 0.6) is 0 Å². The summed E-state index contributed by atoms with van der Waals surface area (Å²) in [5.41, 5.74) is 5.36. The number of unbranched alkanes of at least 4 members (excludes halogenated alkanes) is 25. The van der Waals surface area contributed by atoms with Gasteiger partial charge >= 0.3 is 13.8 Å². The average molecular weight is 718 g/mol. The maximum Gasteiger partial charge on any atom is 0.472 e. The predicted octanol–water partition coefficient (Wildman–Crippen LogP) is 11.9. The first-order valence-electron chi connectivity index (χ1n) is 20.7. The quantitative estimate of drug-likeness (QED) is 0.0278. The minimum Gasteiger partial charge on any atom is -0.457 e. The van der Waals surface area contributed by atoms with Crippen LogP contribution in [0, 0.1) is 0 Å². The van der Waals surface area contributed by atoms with Crippen molar-refractivity contribution in [1.29, 1.82) is 0 Å². The topological polar surface area (TPSA) is 117 Å². The molecule has 292 valence electrons. The van der Waals surface area contributed by atoms with Gasteiger partial charge in [0.05, 0.1) is 19.8 Å². The van der Waals surface area contributed by atoms with Crippen molar-refractivity contribution in [3.63, 3.8) is 0 Å². The van der Waals surface area contributed by atoms with E-state index in [9.17, 15) is 14.3 Å². The summed E-state index contributed by atoms with van der Waals surface area (Å²) in [4.78, 5) is 22.4. The lowest BCUT2D eigenvalue weighted by molar-refractivity contribution is -0.154. The second-order valence-corrected chi connectivity index (χ2v) is 15.3. The number of ether oxygens (including phenoxy) is 2. The molecule has 0 aliphatic heterocycles. The van der Waals surface area contributed by atoms with Gasteiger partial charge < -0.3 is 20.1 Å². The lowest BCUT2D eigenvalue weighted by atomic mass is 10.0. The molecule has 0 aliphatic rings. The third-order valence-electron chi connectivity index (χ3n) is 8.93. The molecule has 3 N–H and O–H groups in total. The Morgan fingerprint density at radius 3 is 1.49 bits per heavy atom. The molecule has 49 heavy (non-hydrogen) atoms. The number of hydrogen-bond donors (Lipinski definition) is 2. The molecule has 0 spiro atoms. The molecular formula is C40H80NO7P. The molecule has 0 fully saturated rings. The Hall–Kier alpha value is -0.760. The number of phosphoric ester groups is 1. The second-order valence-electron chi connectivity index (χ2n) is 13.9. The number of carbonyl (C=O) groups is 1. The van der Waals surface area contributed by atoms with Crippen molar-refractivity contribution in [2.24, 2.45) is 5.73 Å². The van der Waals surface area contributed by atoms with Crippen molar-refractivity contribution < 1.29 is 32.8 Å². The first kappa shape index (κ1) is 48.2. The molecule has 0 saturated heterocycles. The maximum absolute atomic E-state index is 12.5. The van der Waals surface area contributed by atoms with Gasteiger partial charge in [0.25, 0.3) is 0 Å². The van der Waals surface area contributed by atoms with Crippen molar-refractivity contribution >= 4 is 13.8 Å². The molecule has 0 aromatic rings. The predicted molar refractivity (Wildman–Crippen MR) is 206 cm³/mol. The van der Waals surface area contributed by atoms with Crippen LogP contribution in [-0.2, 0) is 27.9 Å². The molecule has 0 aromatic carbocycles. The number of esters is 1. The molecule has 0 aliphatic carbocycles. The van der Waals surface area contributed by atoms with E-state index in [-0.39, 0.29) is 32.3 Å². The molecule has 0 rings (SSSR count). The fourth-order valence-corrected chi connectivity index (χ4v) is 6.64. The van der Waals surface area contributed by atoms with Crippen molar-refractivity contribution in [2.75, 3.05) is 33.0 Å². The highest BCUT2D eigenvalue weighted by Crippen LogP contribution is 2.43. The Labute approximate surface area is 303 Å². The molecule has 0 aromatic heterocycles. The largest absolute Gasteiger partial charge is 0.472 e. The van der Waals surface area contributed by atoms with E-state index < -0.39 is 13.9 Å². The van der Waals surface area contributed by atoms with Crippen molar-refractivity contribution in [3.8, 4) is 0 Å². The smallest absolute Gasteiger partial charge is 0.457 e. The summed E-state index contributed by atoms with van der Waals surface area (Å²) in [7, 11) is -4.27. The Balaban J connectivity index is 4.03. The van der Waals surface area contributed by atoms with Crippen LogP contribution in [0.25, 0.3) is 0 Å². The van der Waals surface area contributed by atoms with Crippen molar-refractivity contribution in [1.82, 2.24) is 0 Å². The lowest BCUT2D eigenvalue weighted by Crippen LogP contribution is -2.28. The minimum atomic E-state index is -4.27. The average Bonchev–Trinajstić information content (AvgIpc) is 3.09. The molecule has 8 nitrogen and oxygen atoms in total. The van der Waals surface area contributed by atoms with E-state index in [4.69, 9.17) is 24.3 Å². The maximum atomic E-state index is 12.5. The van der Waals surface area contributed by atoms with Crippen LogP contribution in [0.2, 0.25) is 0 Å². The molecule has 0 saturated carbocycles. The zero-order valence-electron chi connectivity index (χ0n) is 32.2. The molecule has 0 heterocycles. The van der Waals surface area contributed by atoms with Gasteiger partial charge in [-0.25, -0.2) is 4.57 Å². The molecule has 1 unspecified atom stereocenters. The Morgan fingerprint density at radius 1 is 0.592 bits per heavy atom. The fourth-order valence-electron chi connectivity index (χ4n) is 5.87. The third kappa shape index (κ3) is 38.3. The Bertz CT molecular complexity index is 767. The third-order valence-corrected chi connectivity index (χ3v) is 9.92. The summed E-state index contributed by atoms with van der Waals surface area (Å²) in [5.74, 6) is -0.336. The van der Waals surface area contributed by atoms with Crippen LogP contribution >= 0.6 is 7.82 Å². The molecular weight excluding hydrogens is 637 g/mol. The van der Waals surface area contributed by atoms with E-state index in [0.29, 0.717) is 13.0 Å². The first-order chi connectivity index (χ1) is 23.9. The molecule has 9 heteroatoms. The van der Waals surface area contributed by atoms with Gasteiger partial charge in [0.2, 0.25) is 0 Å². The Morgan fingerprint density at radius 2 is 1.02 bits per heavy atom. The normalized spacial score (nSPS) is 13.6. The number of phosphoric acid groups is 1. The summed E-state index contributed by atoms with van der Waals surface area (Å²) in [6.45, 7) is 4.94. The van der Waals surface area contributed by atoms with Gasteiger partial charge in [0, 0.05) is 19.6 Å². The fraction of sp³-hybridized carbons (Fsp3) is 0.925. The second kappa shape index (κ2) is 38.5. The van der Waals surface area contributed by atoms with Gasteiger partial charge in [-0.2, -0.15) is 0 Å². The molecule has 0 radical (unpaired) electrons. The summed E-state index contributed by atoms with van der Waals surface area (Å²) in [6.07, 6.45) is 39.3. The minimum absolute atomic E-state index is 0.0939. The van der Waals surface area contributed by atoms with Gasteiger partial charge in [0.15, 0.2) is 0 Å². The van der Waals surface area contributed by atoms with Crippen LogP contribution < -0.4 is 5.73 Å². The lowest BCUT2D eigenvalue weighted by Gasteiger charge is -2.20. The van der Waals surface area contributed by atoms with Crippen LogP contribution in [0.15, 0.2) is 12.2 Å². The standard InChI is InChI=1S/C40H80NO7P/c1-3-5-7-9-11-13-15-17-19-20-22-24-26-28-30-32-35-45-37-39(38-47-49(43,44)46-36-34-41)48-40(42)33-31-29-27-25-23-21-18-16-14-12-10-8-6-4-2/h16,18,39H,3-15,17,19-38,41H2,1-2H3,(H,43,44)/b18-16-/t39-/m1/s1. The molecule has 2 atom stereocenters. The van der Waals surface area contributed by atoms with E-state index in [1.807, 2.05) is 0 Å². The number of carbonyl (C=O) groups excluding carboxylic acids is 1. The van der Waals surface area contributed by atoms with Gasteiger partial charge in [0.1, 0.15) is 6.10 Å². The monoisotopic (exact) mass is 718 g/mol. The molecule has 0 amide bonds. The van der Waals surface area contributed by atoms with Crippen molar-refractivity contribution in [2.45, 2.75) is 206 Å². The summed E-state index contributed by atoms with van der Waals surface area (Å²) < 4.78 is 33.4. The van der Waals surface area contributed by atoms with E-state index in [1.54, 1.807) is 0 Å².